The van der Waals surface area contributed by atoms with Crippen molar-refractivity contribution in [3.8, 4) is 5.75 Å². The van der Waals surface area contributed by atoms with Gasteiger partial charge in [0, 0.05) is 12.0 Å². The summed E-state index contributed by atoms with van der Waals surface area (Å²) in [5, 5.41) is 10.8. The zero-order valence-corrected chi connectivity index (χ0v) is 14.4. The summed E-state index contributed by atoms with van der Waals surface area (Å²) in [6, 6.07) is 0. The first-order valence-corrected chi connectivity index (χ1v) is 7.72. The fraction of sp³-hybridized carbons (Fsp3) is 0.500. The molecule has 1 aromatic carbocycles. The summed E-state index contributed by atoms with van der Waals surface area (Å²) in [6.07, 6.45) is 4.54. The van der Waals surface area contributed by atoms with Gasteiger partial charge in [-0.2, -0.15) is 0 Å². The third-order valence-electron chi connectivity index (χ3n) is 4.24. The first-order valence-electron chi connectivity index (χ1n) is 7.72. The molecular weight excluding hydrogens is 274 g/mol. The second-order valence-electron chi connectivity index (χ2n) is 6.77. The predicted octanol–water partition coefficient (Wildman–Crippen LogP) is 3.64. The summed E-state index contributed by atoms with van der Waals surface area (Å²) >= 11 is 0. The minimum absolute atomic E-state index is 0.0867. The molecule has 4 nitrogen and oxygen atoms in total. The number of hydrogen-bond donors (Lipinski definition) is 1. The van der Waals surface area contributed by atoms with Crippen LogP contribution in [0.1, 0.15) is 61.3 Å². The van der Waals surface area contributed by atoms with Crippen molar-refractivity contribution in [1.82, 2.24) is 15.0 Å². The van der Waals surface area contributed by atoms with Gasteiger partial charge < -0.3 is 5.11 Å². The molecular formula is C18H25N3O. The number of phenols is 1. The zero-order valence-electron chi connectivity index (χ0n) is 14.4. The standard InChI is InChI=1S/C18H25N3O/c1-7-13-11(2)14(8-15-20-9-19-10-21-15)12(3)17(22)16(13)18(4,5)6/h9-10,22H,7-8H2,1-6H3. The first kappa shape index (κ1) is 16.4. The van der Waals surface area contributed by atoms with Crippen LogP contribution in [0.4, 0.5) is 0 Å². The smallest absolute Gasteiger partial charge is 0.136 e. The normalized spacial score (nSPS) is 11.7. The molecule has 0 saturated carbocycles. The average molecular weight is 299 g/mol. The molecule has 22 heavy (non-hydrogen) atoms. The molecule has 0 saturated heterocycles. The number of hydrogen-bond acceptors (Lipinski definition) is 4. The average Bonchev–Trinajstić information content (AvgIpc) is 2.47. The number of phenolic OH excluding ortho intramolecular Hbond substituents is 1. The monoisotopic (exact) mass is 299 g/mol. The molecule has 0 spiro atoms. The van der Waals surface area contributed by atoms with Gasteiger partial charge in [0.05, 0.1) is 0 Å². The molecule has 0 bridgehead atoms. The molecule has 4 heteroatoms. The van der Waals surface area contributed by atoms with Gasteiger partial charge in [0.1, 0.15) is 24.2 Å². The lowest BCUT2D eigenvalue weighted by Gasteiger charge is -2.28. The molecule has 0 radical (unpaired) electrons. The van der Waals surface area contributed by atoms with Crippen LogP contribution in [0, 0.1) is 13.8 Å². The van der Waals surface area contributed by atoms with E-state index in [0.717, 1.165) is 28.9 Å². The molecule has 1 N–H and O–H groups in total. The highest BCUT2D eigenvalue weighted by atomic mass is 16.3. The number of benzene rings is 1. The van der Waals surface area contributed by atoms with Crippen molar-refractivity contribution in [3.63, 3.8) is 0 Å². The molecule has 1 heterocycles. The lowest BCUT2D eigenvalue weighted by atomic mass is 9.77. The lowest BCUT2D eigenvalue weighted by Crippen LogP contribution is -2.18. The second kappa shape index (κ2) is 6.03. The number of aromatic hydroxyl groups is 1. The van der Waals surface area contributed by atoms with E-state index >= 15 is 0 Å². The van der Waals surface area contributed by atoms with E-state index in [1.807, 2.05) is 6.92 Å². The zero-order chi connectivity index (χ0) is 16.5. The maximum absolute atomic E-state index is 10.8. The fourth-order valence-electron chi connectivity index (χ4n) is 3.15. The Morgan fingerprint density at radius 2 is 1.59 bits per heavy atom. The van der Waals surface area contributed by atoms with Gasteiger partial charge in [-0.05, 0) is 47.9 Å². The Kier molecular flexibility index (Phi) is 4.50. The number of nitrogens with zero attached hydrogens (tertiary/aromatic N) is 3. The van der Waals surface area contributed by atoms with Crippen LogP contribution in [-0.2, 0) is 18.3 Å². The first-order chi connectivity index (χ1) is 10.3. The summed E-state index contributed by atoms with van der Waals surface area (Å²) in [7, 11) is 0. The van der Waals surface area contributed by atoms with E-state index in [9.17, 15) is 5.11 Å². The van der Waals surface area contributed by atoms with Crippen LogP contribution in [0.15, 0.2) is 12.7 Å². The highest BCUT2D eigenvalue weighted by Gasteiger charge is 2.26. The highest BCUT2D eigenvalue weighted by Crippen LogP contribution is 2.40. The largest absolute Gasteiger partial charge is 0.507 e. The van der Waals surface area contributed by atoms with E-state index < -0.39 is 0 Å². The van der Waals surface area contributed by atoms with Crippen molar-refractivity contribution in [2.75, 3.05) is 0 Å². The van der Waals surface area contributed by atoms with Crippen LogP contribution in [0.25, 0.3) is 0 Å². The highest BCUT2D eigenvalue weighted by molar-refractivity contribution is 5.57. The van der Waals surface area contributed by atoms with Gasteiger partial charge >= 0.3 is 0 Å². The van der Waals surface area contributed by atoms with Crippen molar-refractivity contribution in [3.05, 3.63) is 46.3 Å². The number of aromatic nitrogens is 3. The van der Waals surface area contributed by atoms with E-state index in [0.29, 0.717) is 12.2 Å². The molecule has 0 aliphatic carbocycles. The van der Waals surface area contributed by atoms with E-state index in [2.05, 4.69) is 49.6 Å². The van der Waals surface area contributed by atoms with Crippen molar-refractivity contribution >= 4 is 0 Å². The fourth-order valence-corrected chi connectivity index (χ4v) is 3.15. The third-order valence-corrected chi connectivity index (χ3v) is 4.24. The summed E-state index contributed by atoms with van der Waals surface area (Å²) in [4.78, 5) is 12.3. The summed E-state index contributed by atoms with van der Waals surface area (Å²) < 4.78 is 0. The van der Waals surface area contributed by atoms with Gasteiger partial charge in [-0.15, -0.1) is 0 Å². The van der Waals surface area contributed by atoms with Gasteiger partial charge in [-0.3, -0.25) is 0 Å². The Morgan fingerprint density at radius 1 is 1.00 bits per heavy atom. The molecule has 2 aromatic rings. The van der Waals surface area contributed by atoms with Crippen LogP contribution >= 0.6 is 0 Å². The maximum atomic E-state index is 10.8. The molecule has 2 rings (SSSR count). The summed E-state index contributed by atoms with van der Waals surface area (Å²) in [6.45, 7) is 12.7. The van der Waals surface area contributed by atoms with E-state index in [1.54, 1.807) is 0 Å². The third kappa shape index (κ3) is 2.96. The number of rotatable bonds is 3. The molecule has 0 aliphatic rings. The maximum Gasteiger partial charge on any atom is 0.136 e. The minimum atomic E-state index is -0.0867. The molecule has 0 unspecified atom stereocenters. The minimum Gasteiger partial charge on any atom is -0.507 e. The van der Waals surface area contributed by atoms with Gasteiger partial charge in [-0.1, -0.05) is 27.7 Å². The Morgan fingerprint density at radius 3 is 2.09 bits per heavy atom. The summed E-state index contributed by atoms with van der Waals surface area (Å²) in [5.41, 5.74) is 5.50. The molecule has 0 amide bonds. The Labute approximate surface area is 132 Å². The van der Waals surface area contributed by atoms with E-state index in [1.165, 1.54) is 23.8 Å². The summed E-state index contributed by atoms with van der Waals surface area (Å²) in [5.74, 6) is 1.14. The molecule has 0 atom stereocenters. The van der Waals surface area contributed by atoms with Crippen molar-refractivity contribution in [2.24, 2.45) is 0 Å². The van der Waals surface area contributed by atoms with Crippen LogP contribution in [0.3, 0.4) is 0 Å². The van der Waals surface area contributed by atoms with Gasteiger partial charge in [-0.25, -0.2) is 15.0 Å². The Balaban J connectivity index is 2.65. The molecule has 0 fully saturated rings. The van der Waals surface area contributed by atoms with E-state index in [4.69, 9.17) is 0 Å². The SMILES string of the molecule is CCc1c(C)c(Cc2ncncn2)c(C)c(O)c1C(C)(C)C. The van der Waals surface area contributed by atoms with Crippen LogP contribution in [0.2, 0.25) is 0 Å². The second-order valence-corrected chi connectivity index (χ2v) is 6.77. The quantitative estimate of drug-likeness (QED) is 0.940. The predicted molar refractivity (Wildman–Crippen MR) is 88.3 cm³/mol. The Bertz CT molecular complexity index is 673. The molecule has 1 aromatic heterocycles. The van der Waals surface area contributed by atoms with Gasteiger partial charge in [0.15, 0.2) is 0 Å². The van der Waals surface area contributed by atoms with Gasteiger partial charge in [0.25, 0.3) is 0 Å². The van der Waals surface area contributed by atoms with Crippen molar-refractivity contribution in [1.29, 1.82) is 0 Å². The molecule has 0 aliphatic heterocycles. The Hall–Kier alpha value is -1.97. The van der Waals surface area contributed by atoms with Crippen LogP contribution < -0.4 is 0 Å². The topological polar surface area (TPSA) is 58.9 Å². The van der Waals surface area contributed by atoms with Crippen LogP contribution in [0.5, 0.6) is 5.75 Å². The lowest BCUT2D eigenvalue weighted by molar-refractivity contribution is 0.439. The van der Waals surface area contributed by atoms with Gasteiger partial charge in [0.2, 0.25) is 0 Å². The van der Waals surface area contributed by atoms with Crippen LogP contribution in [-0.4, -0.2) is 20.1 Å². The molecule has 118 valence electrons. The van der Waals surface area contributed by atoms with E-state index in [-0.39, 0.29) is 5.41 Å². The van der Waals surface area contributed by atoms with Crippen molar-refractivity contribution < 1.29 is 5.11 Å². The van der Waals surface area contributed by atoms with Crippen molar-refractivity contribution in [2.45, 2.75) is 59.8 Å².